The zero-order valence-electron chi connectivity index (χ0n) is 13.7. The number of nitrogens with two attached hydrogens (primary N) is 1. The fraction of sp³-hybridized carbons (Fsp3) is 0.111. The number of halogens is 3. The largest absolute Gasteiger partial charge is 0.329 e. The summed E-state index contributed by atoms with van der Waals surface area (Å²) in [6.45, 7) is 0.143. The quantitative estimate of drug-likeness (QED) is 0.613. The molecule has 26 heavy (non-hydrogen) atoms. The molecular formula is C18H19Cl2FN4O. The first kappa shape index (κ1) is 21.6. The molecule has 1 unspecified atom stereocenters. The molecule has 0 saturated heterocycles. The number of H-pyrrole nitrogens is 1. The molecule has 0 saturated carbocycles. The Morgan fingerprint density at radius 3 is 2.46 bits per heavy atom. The highest BCUT2D eigenvalue weighted by Crippen LogP contribution is 2.25. The number of rotatable bonds is 5. The smallest absolute Gasteiger partial charge is 0.233 e. The van der Waals surface area contributed by atoms with Crippen LogP contribution >= 0.6 is 24.8 Å². The molecule has 3 rings (SSSR count). The van der Waals surface area contributed by atoms with Crippen LogP contribution in [0.1, 0.15) is 11.5 Å². The molecule has 0 fully saturated rings. The number of benzene rings is 2. The van der Waals surface area contributed by atoms with E-state index in [2.05, 4.69) is 15.5 Å². The van der Waals surface area contributed by atoms with Gasteiger partial charge in [-0.1, -0.05) is 36.4 Å². The summed E-state index contributed by atoms with van der Waals surface area (Å²) in [5.41, 5.74) is 8.10. The summed E-state index contributed by atoms with van der Waals surface area (Å²) in [4.78, 5) is 12.4. The van der Waals surface area contributed by atoms with Crippen LogP contribution in [0.4, 0.5) is 10.1 Å². The van der Waals surface area contributed by atoms with Gasteiger partial charge in [-0.25, -0.2) is 4.39 Å². The molecule has 0 aliphatic carbocycles. The summed E-state index contributed by atoms with van der Waals surface area (Å²) in [6.07, 6.45) is 3.28. The maximum Gasteiger partial charge on any atom is 0.233 e. The van der Waals surface area contributed by atoms with Gasteiger partial charge in [-0.05, 0) is 23.3 Å². The van der Waals surface area contributed by atoms with Gasteiger partial charge in [-0.15, -0.1) is 24.8 Å². The summed E-state index contributed by atoms with van der Waals surface area (Å²) in [5, 5.41) is 9.13. The molecule has 5 nitrogen and oxygen atoms in total. The van der Waals surface area contributed by atoms with Gasteiger partial charge in [-0.2, -0.15) is 5.10 Å². The van der Waals surface area contributed by atoms with Crippen LogP contribution in [-0.4, -0.2) is 22.6 Å². The van der Waals surface area contributed by atoms with E-state index in [0.29, 0.717) is 5.56 Å². The standard InChI is InChI=1S/C18H17FN4O.2ClH/c19-16-8-13(14-10-21-22-11-14)6-7-17(16)23-18(24)15(9-20)12-4-2-1-3-5-12;;/h1-8,10-11,15H,9,20H2,(H,21,22)(H,23,24);2*1H. The van der Waals surface area contributed by atoms with E-state index >= 15 is 0 Å². The third-order valence-electron chi connectivity index (χ3n) is 3.81. The Balaban J connectivity index is 0.00000169. The number of nitrogens with zero attached hydrogens (tertiary/aromatic N) is 1. The molecule has 4 N–H and O–H groups in total. The molecule has 0 bridgehead atoms. The summed E-state index contributed by atoms with van der Waals surface area (Å²) in [7, 11) is 0. The fourth-order valence-electron chi connectivity index (χ4n) is 2.50. The third kappa shape index (κ3) is 4.82. The minimum Gasteiger partial charge on any atom is -0.329 e. The lowest BCUT2D eigenvalue weighted by Crippen LogP contribution is -2.27. The van der Waals surface area contributed by atoms with E-state index in [4.69, 9.17) is 5.73 Å². The second-order valence-corrected chi connectivity index (χ2v) is 5.37. The first-order valence-electron chi connectivity index (χ1n) is 7.53. The molecule has 1 atom stereocenters. The van der Waals surface area contributed by atoms with Crippen LogP contribution in [0.15, 0.2) is 60.9 Å². The van der Waals surface area contributed by atoms with Crippen molar-refractivity contribution in [1.29, 1.82) is 0 Å². The molecule has 1 heterocycles. The average molecular weight is 397 g/mol. The predicted octanol–water partition coefficient (Wildman–Crippen LogP) is 3.74. The van der Waals surface area contributed by atoms with Crippen molar-refractivity contribution >= 4 is 36.4 Å². The highest BCUT2D eigenvalue weighted by Gasteiger charge is 2.20. The second-order valence-electron chi connectivity index (χ2n) is 5.37. The molecule has 3 aromatic rings. The number of aromatic amines is 1. The number of hydrogen-bond donors (Lipinski definition) is 3. The van der Waals surface area contributed by atoms with Crippen molar-refractivity contribution in [2.45, 2.75) is 5.92 Å². The van der Waals surface area contributed by atoms with E-state index in [0.717, 1.165) is 11.1 Å². The van der Waals surface area contributed by atoms with Gasteiger partial charge in [0, 0.05) is 18.3 Å². The van der Waals surface area contributed by atoms with Gasteiger partial charge < -0.3 is 11.1 Å². The summed E-state index contributed by atoms with van der Waals surface area (Å²) < 4.78 is 14.3. The van der Waals surface area contributed by atoms with Gasteiger partial charge in [-0.3, -0.25) is 9.89 Å². The molecule has 8 heteroatoms. The minimum absolute atomic E-state index is 0. The molecule has 0 radical (unpaired) electrons. The maximum absolute atomic E-state index is 14.3. The lowest BCUT2D eigenvalue weighted by Gasteiger charge is -2.16. The second kappa shape index (κ2) is 9.91. The Hall–Kier alpha value is -2.41. The Morgan fingerprint density at radius 1 is 1.15 bits per heavy atom. The first-order chi connectivity index (χ1) is 11.7. The van der Waals surface area contributed by atoms with Gasteiger partial charge in [0.05, 0.1) is 17.8 Å². The molecule has 1 amide bonds. The molecule has 0 spiro atoms. The Kier molecular flexibility index (Phi) is 8.25. The van der Waals surface area contributed by atoms with E-state index in [1.54, 1.807) is 18.5 Å². The van der Waals surface area contributed by atoms with Crippen LogP contribution in [0.5, 0.6) is 0 Å². The molecular weight excluding hydrogens is 378 g/mol. The molecule has 2 aromatic carbocycles. The van der Waals surface area contributed by atoms with Crippen molar-refractivity contribution in [2.24, 2.45) is 5.73 Å². The maximum atomic E-state index is 14.3. The number of hydrogen-bond acceptors (Lipinski definition) is 3. The predicted molar refractivity (Wildman–Crippen MR) is 105 cm³/mol. The van der Waals surface area contributed by atoms with Crippen LogP contribution in [-0.2, 0) is 4.79 Å². The van der Waals surface area contributed by atoms with Crippen LogP contribution in [0.2, 0.25) is 0 Å². The number of amides is 1. The van der Waals surface area contributed by atoms with E-state index < -0.39 is 11.7 Å². The Bertz CT molecular complexity index is 828. The third-order valence-corrected chi connectivity index (χ3v) is 3.81. The molecule has 0 aliphatic rings. The van der Waals surface area contributed by atoms with Crippen molar-refractivity contribution in [3.05, 3.63) is 72.3 Å². The van der Waals surface area contributed by atoms with Crippen LogP contribution in [0, 0.1) is 5.82 Å². The molecule has 0 aliphatic heterocycles. The summed E-state index contributed by atoms with van der Waals surface area (Å²) in [5.74, 6) is -1.37. The van der Waals surface area contributed by atoms with E-state index in [1.807, 2.05) is 30.3 Å². The number of carbonyl (C=O) groups excluding carboxylic acids is 1. The van der Waals surface area contributed by atoms with Crippen molar-refractivity contribution in [2.75, 3.05) is 11.9 Å². The van der Waals surface area contributed by atoms with Crippen molar-refractivity contribution in [1.82, 2.24) is 10.2 Å². The van der Waals surface area contributed by atoms with E-state index in [-0.39, 0.29) is 43.0 Å². The minimum atomic E-state index is -0.529. The Morgan fingerprint density at radius 2 is 1.88 bits per heavy atom. The van der Waals surface area contributed by atoms with Gasteiger partial charge in [0.2, 0.25) is 5.91 Å². The lowest BCUT2D eigenvalue weighted by atomic mass is 9.98. The van der Waals surface area contributed by atoms with Crippen LogP contribution in [0.3, 0.4) is 0 Å². The van der Waals surface area contributed by atoms with Crippen molar-refractivity contribution in [3.8, 4) is 11.1 Å². The van der Waals surface area contributed by atoms with E-state index in [9.17, 15) is 9.18 Å². The highest BCUT2D eigenvalue weighted by atomic mass is 35.5. The lowest BCUT2D eigenvalue weighted by molar-refractivity contribution is -0.117. The van der Waals surface area contributed by atoms with Crippen LogP contribution < -0.4 is 11.1 Å². The average Bonchev–Trinajstić information content (AvgIpc) is 3.13. The zero-order valence-corrected chi connectivity index (χ0v) is 15.3. The van der Waals surface area contributed by atoms with Gasteiger partial charge in [0.1, 0.15) is 5.82 Å². The normalized spacial score (nSPS) is 11.0. The number of aromatic nitrogens is 2. The van der Waals surface area contributed by atoms with Gasteiger partial charge in [0.15, 0.2) is 0 Å². The molecule has 1 aromatic heterocycles. The Labute approximate surface area is 163 Å². The highest BCUT2D eigenvalue weighted by molar-refractivity contribution is 5.96. The first-order valence-corrected chi connectivity index (χ1v) is 7.53. The van der Waals surface area contributed by atoms with Crippen molar-refractivity contribution < 1.29 is 9.18 Å². The number of anilines is 1. The SMILES string of the molecule is Cl.Cl.NCC(C(=O)Nc1ccc(-c2cn[nH]c2)cc1F)c1ccccc1. The van der Waals surface area contributed by atoms with Gasteiger partial charge in [0.25, 0.3) is 0 Å². The number of nitrogens with one attached hydrogen (secondary N) is 2. The topological polar surface area (TPSA) is 83.8 Å². The summed E-state index contributed by atoms with van der Waals surface area (Å²) in [6, 6.07) is 13.8. The van der Waals surface area contributed by atoms with Crippen molar-refractivity contribution in [3.63, 3.8) is 0 Å². The monoisotopic (exact) mass is 396 g/mol. The van der Waals surface area contributed by atoms with Crippen LogP contribution in [0.25, 0.3) is 11.1 Å². The fourth-order valence-corrected chi connectivity index (χ4v) is 2.50. The molecule has 138 valence electrons. The van der Waals surface area contributed by atoms with E-state index in [1.165, 1.54) is 12.1 Å². The summed E-state index contributed by atoms with van der Waals surface area (Å²) >= 11 is 0. The number of carbonyl (C=O) groups is 1. The van der Waals surface area contributed by atoms with Gasteiger partial charge >= 0.3 is 0 Å². The zero-order chi connectivity index (χ0) is 16.9.